The lowest BCUT2D eigenvalue weighted by Gasteiger charge is -2.32. The van der Waals surface area contributed by atoms with Crippen LogP contribution in [-0.4, -0.2) is 21.5 Å². The first-order valence-electron chi connectivity index (χ1n) is 22.5. The van der Waals surface area contributed by atoms with Gasteiger partial charge in [0.05, 0.1) is 28.0 Å². The average molecular weight is 823 g/mol. The summed E-state index contributed by atoms with van der Waals surface area (Å²) in [5.74, 6) is 2.37. The number of hydrogen-bond donors (Lipinski definition) is 0. The molecule has 62 heavy (non-hydrogen) atoms. The smallest absolute Gasteiger partial charge is 0.197 e. The van der Waals surface area contributed by atoms with E-state index in [2.05, 4.69) is 155 Å². The maximum Gasteiger partial charge on any atom is 0.197 e. The van der Waals surface area contributed by atoms with Gasteiger partial charge >= 0.3 is 0 Å². The molecule has 0 bridgehead atoms. The van der Waals surface area contributed by atoms with Crippen LogP contribution < -0.4 is 9.80 Å². The van der Waals surface area contributed by atoms with Crippen molar-refractivity contribution < 1.29 is 9.59 Å². The van der Waals surface area contributed by atoms with E-state index in [1.807, 2.05) is 42.5 Å². The van der Waals surface area contributed by atoms with Gasteiger partial charge in [0.25, 0.3) is 0 Å². The number of carbonyl (C=O) groups is 2. The zero-order chi connectivity index (χ0) is 44.7. The fraction of sp³-hybridized carbons (Fsp3) is 0.357. The molecule has 6 aromatic rings. The molecule has 0 atom stereocenters. The molecule has 318 valence electrons. The molecule has 1 aliphatic heterocycles. The highest BCUT2D eigenvalue weighted by Gasteiger charge is 2.43. The molecule has 6 nitrogen and oxygen atoms in total. The van der Waals surface area contributed by atoms with E-state index in [1.165, 1.54) is 22.3 Å². The molecule has 0 radical (unpaired) electrons. The van der Waals surface area contributed by atoms with Gasteiger partial charge in [0, 0.05) is 11.1 Å². The normalized spacial score (nSPS) is 14.5. The standard InChI is InChI=1S/C56H62N4O2/c1-31(2)37-21-17-22-38(32(3)4)49(37)59-46(28-25-41-51(61)42-29-35-19-15-16-20-36(35)30-43(42)52(41)62)60(50-39(33(5)6)23-18-24-40(50)34(7)8)54-53(59)57-47-44(55(9,10)11)26-27-45(48(47)58-54)56(12,13)14/h15-34H,1-14H3. The van der Waals surface area contributed by atoms with Crippen LogP contribution in [0.3, 0.4) is 0 Å². The minimum Gasteiger partial charge on any atom is -0.288 e. The minimum atomic E-state index is -0.260. The average Bonchev–Trinajstić information content (AvgIpc) is 3.63. The number of benzene rings is 5. The molecular formula is C56H62N4O2. The summed E-state index contributed by atoms with van der Waals surface area (Å²) in [4.78, 5) is 45.1. The lowest BCUT2D eigenvalue weighted by Crippen LogP contribution is -2.26. The first kappa shape index (κ1) is 42.8. The molecule has 1 aliphatic carbocycles. The second-order valence-corrected chi connectivity index (χ2v) is 20.6. The van der Waals surface area contributed by atoms with Crippen LogP contribution in [0.1, 0.15) is 175 Å². The molecule has 0 fully saturated rings. The van der Waals surface area contributed by atoms with Crippen molar-refractivity contribution >= 4 is 56.4 Å². The van der Waals surface area contributed by atoms with Gasteiger partial charge in [-0.2, -0.15) is 0 Å². The van der Waals surface area contributed by atoms with Gasteiger partial charge in [-0.1, -0.05) is 170 Å². The molecule has 0 spiro atoms. The number of fused-ring (bicyclic) bond motifs is 4. The molecule has 0 saturated carbocycles. The lowest BCUT2D eigenvalue weighted by molar-refractivity contribution is 0.0988. The van der Waals surface area contributed by atoms with E-state index in [0.717, 1.165) is 61.8 Å². The molecule has 0 N–H and O–H groups in total. The predicted molar refractivity (Wildman–Crippen MR) is 259 cm³/mol. The Hall–Kier alpha value is -5.88. The third kappa shape index (κ3) is 7.06. The summed E-state index contributed by atoms with van der Waals surface area (Å²) in [7, 11) is 0. The van der Waals surface area contributed by atoms with E-state index in [1.54, 1.807) is 6.08 Å². The van der Waals surface area contributed by atoms with Crippen LogP contribution in [0.2, 0.25) is 0 Å². The van der Waals surface area contributed by atoms with Crippen molar-refractivity contribution in [3.63, 3.8) is 0 Å². The molecule has 0 unspecified atom stereocenters. The molecule has 0 amide bonds. The number of allylic oxidation sites excluding steroid dienone is 3. The van der Waals surface area contributed by atoms with Gasteiger partial charge in [0.15, 0.2) is 23.2 Å². The van der Waals surface area contributed by atoms with E-state index in [-0.39, 0.29) is 51.6 Å². The first-order chi connectivity index (χ1) is 29.2. The van der Waals surface area contributed by atoms with E-state index in [4.69, 9.17) is 9.97 Å². The minimum absolute atomic E-state index is 0.150. The summed E-state index contributed by atoms with van der Waals surface area (Å²) >= 11 is 0. The Morgan fingerprint density at radius 3 is 1.16 bits per heavy atom. The lowest BCUT2D eigenvalue weighted by atomic mass is 9.80. The Balaban J connectivity index is 1.55. The third-order valence-electron chi connectivity index (χ3n) is 12.7. The highest BCUT2D eigenvalue weighted by Crippen LogP contribution is 2.55. The monoisotopic (exact) mass is 822 g/mol. The summed E-state index contributed by atoms with van der Waals surface area (Å²) in [6.07, 6.45) is 3.75. The summed E-state index contributed by atoms with van der Waals surface area (Å²) < 4.78 is 0. The topological polar surface area (TPSA) is 66.4 Å². The van der Waals surface area contributed by atoms with Gasteiger partial charge in [0.1, 0.15) is 5.82 Å². The van der Waals surface area contributed by atoms with Crippen LogP contribution in [0.4, 0.5) is 23.0 Å². The van der Waals surface area contributed by atoms with Crippen molar-refractivity contribution in [3.8, 4) is 0 Å². The fourth-order valence-electron chi connectivity index (χ4n) is 9.39. The van der Waals surface area contributed by atoms with E-state index >= 15 is 0 Å². The Bertz CT molecular complexity index is 2640. The van der Waals surface area contributed by atoms with Gasteiger partial charge < -0.3 is 0 Å². The summed E-state index contributed by atoms with van der Waals surface area (Å²) in [5, 5.41) is 1.86. The maximum atomic E-state index is 14.4. The van der Waals surface area contributed by atoms with Crippen molar-refractivity contribution in [2.75, 3.05) is 9.80 Å². The highest BCUT2D eigenvalue weighted by atomic mass is 16.2. The molecule has 1 aromatic heterocycles. The Labute approximate surface area is 368 Å². The van der Waals surface area contributed by atoms with Crippen LogP contribution in [-0.2, 0) is 10.8 Å². The van der Waals surface area contributed by atoms with Gasteiger partial charge in [-0.05, 0) is 103 Å². The summed E-state index contributed by atoms with van der Waals surface area (Å²) in [6, 6.07) is 29.3. The molecular weight excluding hydrogens is 761 g/mol. The van der Waals surface area contributed by atoms with Crippen molar-refractivity contribution in [1.29, 1.82) is 0 Å². The maximum absolute atomic E-state index is 14.4. The zero-order valence-electron chi connectivity index (χ0n) is 39.2. The fourth-order valence-corrected chi connectivity index (χ4v) is 9.39. The number of nitrogens with zero attached hydrogens (tertiary/aromatic N) is 4. The highest BCUT2D eigenvalue weighted by molar-refractivity contribution is 6.40. The quantitative estimate of drug-likeness (QED) is 0.118. The number of carbonyl (C=O) groups excluding carboxylic acids is 2. The van der Waals surface area contributed by atoms with Crippen LogP contribution in [0, 0.1) is 0 Å². The number of hydrogen-bond acceptors (Lipinski definition) is 6. The van der Waals surface area contributed by atoms with Crippen LogP contribution in [0.5, 0.6) is 0 Å². The number of anilines is 4. The Kier molecular flexibility index (Phi) is 10.7. The molecule has 2 aliphatic rings. The van der Waals surface area contributed by atoms with E-state index in [9.17, 15) is 9.59 Å². The number of rotatable bonds is 7. The first-order valence-corrected chi connectivity index (χ1v) is 22.5. The number of ketones is 2. The third-order valence-corrected chi connectivity index (χ3v) is 12.7. The van der Waals surface area contributed by atoms with Crippen molar-refractivity contribution in [1.82, 2.24) is 9.97 Å². The molecule has 5 aromatic carbocycles. The van der Waals surface area contributed by atoms with Crippen molar-refractivity contribution in [2.24, 2.45) is 0 Å². The second kappa shape index (κ2) is 15.5. The van der Waals surface area contributed by atoms with Crippen molar-refractivity contribution in [3.05, 3.63) is 153 Å². The van der Waals surface area contributed by atoms with Gasteiger partial charge in [0.2, 0.25) is 0 Å². The van der Waals surface area contributed by atoms with Crippen LogP contribution >= 0.6 is 0 Å². The van der Waals surface area contributed by atoms with Crippen molar-refractivity contribution in [2.45, 2.75) is 131 Å². The molecule has 0 saturated heterocycles. The van der Waals surface area contributed by atoms with Gasteiger partial charge in [-0.3, -0.25) is 19.4 Å². The number of para-hydroxylation sites is 2. The van der Waals surface area contributed by atoms with Crippen LogP contribution in [0.25, 0.3) is 21.8 Å². The summed E-state index contributed by atoms with van der Waals surface area (Å²) in [6.45, 7) is 31.4. The SMILES string of the molecule is CC(C)c1cccc(C(C)C)c1N1C(=CC=C2C(=O)c3cc4ccccc4cc3C2=O)N(c2c(C(C)C)cccc2C(C)C)c2nc3c(C(C)(C)C)ccc(C(C)(C)C)c3nc21. The van der Waals surface area contributed by atoms with Gasteiger partial charge in [-0.15, -0.1) is 0 Å². The van der Waals surface area contributed by atoms with E-state index < -0.39 is 0 Å². The zero-order valence-corrected chi connectivity index (χ0v) is 39.2. The number of aromatic nitrogens is 2. The molecule has 6 heteroatoms. The predicted octanol–water partition coefficient (Wildman–Crippen LogP) is 15.0. The Morgan fingerprint density at radius 2 is 0.839 bits per heavy atom. The van der Waals surface area contributed by atoms with E-state index in [0.29, 0.717) is 11.1 Å². The van der Waals surface area contributed by atoms with Crippen LogP contribution in [0.15, 0.2) is 108 Å². The Morgan fingerprint density at radius 1 is 0.484 bits per heavy atom. The largest absolute Gasteiger partial charge is 0.288 e. The summed E-state index contributed by atoms with van der Waals surface area (Å²) in [5.41, 5.74) is 11.4. The molecule has 2 heterocycles. The van der Waals surface area contributed by atoms with Gasteiger partial charge in [-0.25, -0.2) is 9.97 Å². The number of Topliss-reactive ketones (excluding diaryl/α,β-unsaturated/α-hetero) is 2. The second-order valence-electron chi connectivity index (χ2n) is 20.6. The molecule has 8 rings (SSSR count).